The van der Waals surface area contributed by atoms with Crippen LogP contribution >= 0.6 is 0 Å². The summed E-state index contributed by atoms with van der Waals surface area (Å²) in [5.41, 5.74) is 1.40. The Morgan fingerprint density at radius 1 is 1.00 bits per heavy atom. The molecule has 10 heteroatoms. The van der Waals surface area contributed by atoms with Gasteiger partial charge in [0.15, 0.2) is 11.5 Å². The number of carbonyl (C=O) groups excluding carboxylic acids is 1. The van der Waals surface area contributed by atoms with Crippen molar-refractivity contribution < 1.29 is 32.2 Å². The highest BCUT2D eigenvalue weighted by Gasteiger charge is 2.21. The van der Waals surface area contributed by atoms with Crippen LogP contribution in [0.1, 0.15) is 12.5 Å². The summed E-state index contributed by atoms with van der Waals surface area (Å²) in [6.07, 6.45) is 2.96. The average molecular weight is 497 g/mol. The smallest absolute Gasteiger partial charge is 0.265 e. The van der Waals surface area contributed by atoms with E-state index >= 15 is 0 Å². The number of sulfonamides is 1. The number of amides is 1. The molecule has 0 spiro atoms. The number of hydrogen-bond acceptors (Lipinski definition) is 7. The Kier molecular flexibility index (Phi) is 7.11. The Morgan fingerprint density at radius 2 is 1.74 bits per heavy atom. The van der Waals surface area contributed by atoms with Gasteiger partial charge >= 0.3 is 0 Å². The minimum Gasteiger partial charge on any atom is -0.495 e. The first-order chi connectivity index (χ1) is 16.9. The molecule has 1 heterocycles. The third-order valence-corrected chi connectivity index (χ3v) is 6.36. The molecule has 0 radical (unpaired) electrons. The van der Waals surface area contributed by atoms with Crippen molar-refractivity contribution in [1.82, 2.24) is 0 Å². The van der Waals surface area contributed by atoms with Gasteiger partial charge in [-0.2, -0.15) is 0 Å². The minimum atomic E-state index is -4.01. The predicted molar refractivity (Wildman–Crippen MR) is 132 cm³/mol. The van der Waals surface area contributed by atoms with Crippen molar-refractivity contribution in [2.45, 2.75) is 11.8 Å². The molecule has 1 aliphatic heterocycles. The van der Waals surface area contributed by atoms with Crippen LogP contribution < -0.4 is 29.0 Å². The fourth-order valence-electron chi connectivity index (χ4n) is 3.33. The molecule has 0 bridgehead atoms. The van der Waals surface area contributed by atoms with Crippen molar-refractivity contribution >= 4 is 33.4 Å². The fourth-order valence-corrected chi connectivity index (χ4v) is 4.59. The number of methoxy groups -OCH3 is 1. The lowest BCUT2D eigenvalue weighted by atomic mass is 10.2. The topological polar surface area (TPSA) is 112 Å². The molecule has 0 aliphatic carbocycles. The highest BCUT2D eigenvalue weighted by Crippen LogP contribution is 2.33. The maximum Gasteiger partial charge on any atom is 0.265 e. The Bertz CT molecular complexity index is 1350. The summed E-state index contributed by atoms with van der Waals surface area (Å²) < 4.78 is 49.9. The van der Waals surface area contributed by atoms with Crippen LogP contribution in [0.3, 0.4) is 0 Å². The Hall–Kier alpha value is -4.18. The largest absolute Gasteiger partial charge is 0.495 e. The molecule has 4 rings (SSSR count). The van der Waals surface area contributed by atoms with Crippen LogP contribution in [-0.4, -0.2) is 34.8 Å². The SMILES string of the molecule is CCOc1ccc(NS(=O)(=O)c2cc(NC(=O)/C=C/c3ccc4c(c3)OCO4)ccc2OC)cc1. The number of carbonyl (C=O) groups is 1. The molecule has 3 aromatic carbocycles. The molecular formula is C25H24N2O7S. The maximum atomic E-state index is 13.1. The van der Waals surface area contributed by atoms with Gasteiger partial charge in [-0.25, -0.2) is 8.42 Å². The number of rotatable bonds is 9. The standard InChI is InChI=1S/C25H24N2O7S/c1-3-32-20-9-6-18(7-10-20)27-35(29,30)24-15-19(8-12-22(24)31-2)26-25(28)13-5-17-4-11-21-23(14-17)34-16-33-21/h4-15,27H,3,16H2,1-2H3,(H,26,28)/b13-5+. The average Bonchev–Trinajstić information content (AvgIpc) is 3.32. The lowest BCUT2D eigenvalue weighted by molar-refractivity contribution is -0.111. The quantitative estimate of drug-likeness (QED) is 0.425. The molecule has 9 nitrogen and oxygen atoms in total. The van der Waals surface area contributed by atoms with Gasteiger partial charge < -0.3 is 24.3 Å². The summed E-state index contributed by atoms with van der Waals surface area (Å²) in [4.78, 5) is 12.3. The zero-order chi connectivity index (χ0) is 24.8. The van der Waals surface area contributed by atoms with Crippen molar-refractivity contribution in [2.75, 3.05) is 30.5 Å². The van der Waals surface area contributed by atoms with Crippen LogP contribution in [0.4, 0.5) is 11.4 Å². The highest BCUT2D eigenvalue weighted by atomic mass is 32.2. The van der Waals surface area contributed by atoms with Gasteiger partial charge in [-0.3, -0.25) is 9.52 Å². The van der Waals surface area contributed by atoms with Crippen LogP contribution in [0.5, 0.6) is 23.0 Å². The number of hydrogen-bond donors (Lipinski definition) is 2. The second-order valence-corrected chi connectivity index (χ2v) is 9.01. The number of benzene rings is 3. The summed E-state index contributed by atoms with van der Waals surface area (Å²) in [5.74, 6) is 1.59. The summed E-state index contributed by atoms with van der Waals surface area (Å²) in [6, 6.07) is 16.2. The van der Waals surface area contributed by atoms with Gasteiger partial charge in [0.25, 0.3) is 10.0 Å². The maximum absolute atomic E-state index is 13.1. The predicted octanol–water partition coefficient (Wildman–Crippen LogP) is 4.28. The van der Waals surface area contributed by atoms with Crippen molar-refractivity contribution in [3.63, 3.8) is 0 Å². The third kappa shape index (κ3) is 5.85. The second-order valence-electron chi connectivity index (χ2n) is 7.36. The van der Waals surface area contributed by atoms with Crippen molar-refractivity contribution in [3.05, 3.63) is 72.3 Å². The highest BCUT2D eigenvalue weighted by molar-refractivity contribution is 7.92. The van der Waals surface area contributed by atoms with Gasteiger partial charge in [0.05, 0.1) is 13.7 Å². The summed E-state index contributed by atoms with van der Waals surface area (Å²) >= 11 is 0. The molecule has 3 aromatic rings. The zero-order valence-corrected chi connectivity index (χ0v) is 19.9. The Balaban J connectivity index is 1.49. The molecule has 182 valence electrons. The summed E-state index contributed by atoms with van der Waals surface area (Å²) in [5, 5.41) is 2.67. The van der Waals surface area contributed by atoms with Crippen LogP contribution in [0.25, 0.3) is 6.08 Å². The number of anilines is 2. The molecular weight excluding hydrogens is 472 g/mol. The van der Waals surface area contributed by atoms with Gasteiger partial charge in [-0.1, -0.05) is 6.07 Å². The van der Waals surface area contributed by atoms with Crippen LogP contribution in [0.15, 0.2) is 71.6 Å². The second kappa shape index (κ2) is 10.4. The molecule has 0 fully saturated rings. The molecule has 2 N–H and O–H groups in total. The van der Waals surface area contributed by atoms with E-state index in [0.717, 1.165) is 5.56 Å². The first-order valence-corrected chi connectivity index (χ1v) is 12.2. The lowest BCUT2D eigenvalue weighted by Crippen LogP contribution is -2.15. The molecule has 0 unspecified atom stereocenters. The van der Waals surface area contributed by atoms with Gasteiger partial charge in [0.1, 0.15) is 16.4 Å². The number of ether oxygens (including phenoxy) is 4. The Morgan fingerprint density at radius 3 is 2.49 bits per heavy atom. The molecule has 0 saturated heterocycles. The first kappa shape index (κ1) is 24.0. The zero-order valence-electron chi connectivity index (χ0n) is 19.1. The molecule has 0 aromatic heterocycles. The molecule has 35 heavy (non-hydrogen) atoms. The molecule has 0 atom stereocenters. The van der Waals surface area contributed by atoms with E-state index in [1.807, 2.05) is 6.92 Å². The molecule has 1 aliphatic rings. The normalized spacial score (nSPS) is 12.4. The summed E-state index contributed by atoms with van der Waals surface area (Å²) in [6.45, 7) is 2.54. The van der Waals surface area contributed by atoms with Crippen LogP contribution in [-0.2, 0) is 14.8 Å². The van der Waals surface area contributed by atoms with E-state index in [2.05, 4.69) is 10.0 Å². The number of nitrogens with one attached hydrogen (secondary N) is 2. The monoisotopic (exact) mass is 496 g/mol. The van der Waals surface area contributed by atoms with Gasteiger partial charge in [-0.15, -0.1) is 0 Å². The van der Waals surface area contributed by atoms with Crippen LogP contribution in [0, 0.1) is 0 Å². The Labute approximate surface area is 203 Å². The number of fused-ring (bicyclic) bond motifs is 1. The fraction of sp³-hybridized carbons (Fsp3) is 0.160. The van der Waals surface area contributed by atoms with E-state index in [4.69, 9.17) is 18.9 Å². The van der Waals surface area contributed by atoms with E-state index in [0.29, 0.717) is 35.2 Å². The first-order valence-electron chi connectivity index (χ1n) is 10.7. The van der Waals surface area contributed by atoms with Gasteiger partial charge in [0.2, 0.25) is 12.7 Å². The molecule has 0 saturated carbocycles. The van der Waals surface area contributed by atoms with E-state index in [1.54, 1.807) is 54.6 Å². The van der Waals surface area contributed by atoms with E-state index in [1.165, 1.54) is 25.3 Å². The lowest BCUT2D eigenvalue weighted by Gasteiger charge is -2.14. The van der Waals surface area contributed by atoms with Crippen molar-refractivity contribution in [1.29, 1.82) is 0 Å². The van der Waals surface area contributed by atoms with Crippen LogP contribution in [0.2, 0.25) is 0 Å². The van der Waals surface area contributed by atoms with E-state index < -0.39 is 15.9 Å². The van der Waals surface area contributed by atoms with E-state index in [9.17, 15) is 13.2 Å². The van der Waals surface area contributed by atoms with Crippen molar-refractivity contribution in [3.8, 4) is 23.0 Å². The molecule has 1 amide bonds. The third-order valence-electron chi connectivity index (χ3n) is 4.96. The van der Waals surface area contributed by atoms with E-state index in [-0.39, 0.29) is 17.4 Å². The van der Waals surface area contributed by atoms with Crippen molar-refractivity contribution in [2.24, 2.45) is 0 Å². The van der Waals surface area contributed by atoms with Gasteiger partial charge in [0, 0.05) is 17.5 Å². The minimum absolute atomic E-state index is 0.119. The van der Waals surface area contributed by atoms with Gasteiger partial charge in [-0.05, 0) is 73.2 Å². The summed E-state index contributed by atoms with van der Waals surface area (Å²) in [7, 11) is -2.64.